The highest BCUT2D eigenvalue weighted by molar-refractivity contribution is 5.84. The average molecular weight is 206 g/mol. The third kappa shape index (κ3) is 1.85. The fraction of sp³-hybridized carbons (Fsp3) is 0.182. The van der Waals surface area contributed by atoms with Gasteiger partial charge in [0.25, 0.3) is 0 Å². The molecule has 4 nitrogen and oxygen atoms in total. The molecule has 4 heteroatoms. The van der Waals surface area contributed by atoms with Crippen molar-refractivity contribution in [3.63, 3.8) is 0 Å². The Bertz CT molecular complexity index is 565. The number of aliphatic carboxylic acids is 1. The third-order valence-electron chi connectivity index (χ3n) is 2.17. The lowest BCUT2D eigenvalue weighted by Crippen LogP contribution is -2.32. The average Bonchev–Trinajstić information content (AvgIpc) is 2.72. The van der Waals surface area contributed by atoms with Gasteiger partial charge in [-0.25, -0.2) is 0 Å². The topological polar surface area (TPSA) is 79.1 Å². The smallest absolute Gasteiger partial charge is 0.320 e. The minimum Gasteiger partial charge on any atom is -0.480 e. The Morgan fingerprint density at radius 1 is 1.60 bits per heavy atom. The molecule has 0 saturated carbocycles. The molecule has 0 bridgehead atoms. The van der Waals surface area contributed by atoms with Crippen molar-refractivity contribution in [2.45, 2.75) is 12.4 Å². The van der Waals surface area contributed by atoms with Crippen molar-refractivity contribution >= 4 is 16.9 Å². The van der Waals surface area contributed by atoms with E-state index in [-0.39, 0.29) is 5.56 Å². The molecule has 0 spiro atoms. The monoisotopic (exact) mass is 206 g/mol. The molecule has 0 aliphatic carbocycles. The van der Waals surface area contributed by atoms with Crippen LogP contribution in [0.25, 0.3) is 10.9 Å². The van der Waals surface area contributed by atoms with E-state index in [1.165, 1.54) is 6.20 Å². The van der Waals surface area contributed by atoms with E-state index in [4.69, 9.17) is 13.6 Å². The lowest BCUT2D eigenvalue weighted by Gasteiger charge is -2.04. The molecule has 1 aromatic carbocycles. The summed E-state index contributed by atoms with van der Waals surface area (Å²) in [7, 11) is 0. The molecule has 0 aliphatic heterocycles. The van der Waals surface area contributed by atoms with Crippen LogP contribution in [0.15, 0.2) is 30.5 Å². The fourth-order valence-electron chi connectivity index (χ4n) is 1.42. The molecule has 4 N–H and O–H groups in total. The molecular formula is C11H12N2O2. The lowest BCUT2D eigenvalue weighted by molar-refractivity contribution is -0.138. The van der Waals surface area contributed by atoms with E-state index < -0.39 is 18.4 Å². The molecule has 78 valence electrons. The Morgan fingerprint density at radius 2 is 2.33 bits per heavy atom. The third-order valence-corrected chi connectivity index (χ3v) is 2.17. The number of carbonyl (C=O) groups is 1. The summed E-state index contributed by atoms with van der Waals surface area (Å²) in [6, 6.07) is 5.51. The minimum atomic E-state index is -2.12. The van der Waals surface area contributed by atoms with Crippen LogP contribution in [0, 0.1) is 0 Å². The first kappa shape index (κ1) is 7.48. The summed E-state index contributed by atoms with van der Waals surface area (Å²) in [6.45, 7) is 0. The Labute approximate surface area is 89.5 Å². The highest BCUT2D eigenvalue weighted by Crippen LogP contribution is 2.18. The van der Waals surface area contributed by atoms with E-state index in [2.05, 4.69) is 4.98 Å². The van der Waals surface area contributed by atoms with Crippen LogP contribution in [-0.4, -0.2) is 22.1 Å². The number of benzene rings is 1. The zero-order valence-electron chi connectivity index (χ0n) is 9.90. The molecule has 0 radical (unpaired) electrons. The molecule has 1 heterocycles. The van der Waals surface area contributed by atoms with Gasteiger partial charge in [0, 0.05) is 26.2 Å². The Balaban J connectivity index is 2.56. The molecule has 0 unspecified atom stereocenters. The van der Waals surface area contributed by atoms with Crippen molar-refractivity contribution in [3.8, 4) is 0 Å². The van der Waals surface area contributed by atoms with E-state index in [0.29, 0.717) is 5.39 Å². The van der Waals surface area contributed by atoms with Crippen LogP contribution in [0.3, 0.4) is 0 Å². The second-order valence-electron chi connectivity index (χ2n) is 3.21. The van der Waals surface area contributed by atoms with E-state index >= 15 is 0 Å². The maximum absolute atomic E-state index is 10.8. The summed E-state index contributed by atoms with van der Waals surface area (Å²) >= 11 is 0. The summed E-state index contributed by atoms with van der Waals surface area (Å²) in [6.07, 6.45) is -0.654. The van der Waals surface area contributed by atoms with Crippen molar-refractivity contribution in [3.05, 3.63) is 36.0 Å². The van der Waals surface area contributed by atoms with E-state index in [9.17, 15) is 4.79 Å². The van der Waals surface area contributed by atoms with Crippen molar-refractivity contribution in [2.75, 3.05) is 0 Å². The largest absolute Gasteiger partial charge is 0.480 e. The SMILES string of the molecule is [2H]C([2H])(c1c[nH]c2ccccc12)[C@H](N)C(=O)O. The van der Waals surface area contributed by atoms with Gasteiger partial charge in [0.15, 0.2) is 0 Å². The predicted octanol–water partition coefficient (Wildman–Crippen LogP) is 1.12. The van der Waals surface area contributed by atoms with Crippen molar-refractivity contribution in [2.24, 2.45) is 5.73 Å². The van der Waals surface area contributed by atoms with Gasteiger partial charge >= 0.3 is 5.97 Å². The van der Waals surface area contributed by atoms with E-state index in [1.54, 1.807) is 18.2 Å². The number of para-hydroxylation sites is 1. The number of rotatable bonds is 3. The van der Waals surface area contributed by atoms with Crippen LogP contribution >= 0.6 is 0 Å². The Kier molecular flexibility index (Phi) is 1.87. The molecular weight excluding hydrogens is 192 g/mol. The predicted molar refractivity (Wildman–Crippen MR) is 57.6 cm³/mol. The van der Waals surface area contributed by atoms with Crippen LogP contribution in [0.2, 0.25) is 0 Å². The molecule has 0 amide bonds. The second kappa shape index (κ2) is 3.74. The number of aromatic amines is 1. The molecule has 1 atom stereocenters. The summed E-state index contributed by atoms with van der Waals surface area (Å²) in [4.78, 5) is 13.7. The maximum Gasteiger partial charge on any atom is 0.320 e. The summed E-state index contributed by atoms with van der Waals surface area (Å²) in [5.41, 5.74) is 6.41. The van der Waals surface area contributed by atoms with Crippen LogP contribution in [0.4, 0.5) is 0 Å². The number of carboxylic acids is 1. The standard InChI is InChI=1S/C11H12N2O2/c12-9(11(14)15)5-7-6-13-10-4-2-1-3-8(7)10/h1-4,6,9,13H,5,12H2,(H,14,15)/t9-/m0/s1/i5D2. The second-order valence-corrected chi connectivity index (χ2v) is 3.21. The van der Waals surface area contributed by atoms with Crippen LogP contribution in [0.5, 0.6) is 0 Å². The molecule has 2 rings (SSSR count). The summed E-state index contributed by atoms with van der Waals surface area (Å²) < 4.78 is 15.7. The van der Waals surface area contributed by atoms with Crippen molar-refractivity contribution in [1.29, 1.82) is 0 Å². The quantitative estimate of drug-likeness (QED) is 0.704. The Hall–Kier alpha value is -1.81. The van der Waals surface area contributed by atoms with Gasteiger partial charge in [0.05, 0.1) is 0 Å². The summed E-state index contributed by atoms with van der Waals surface area (Å²) in [5, 5.41) is 9.46. The van der Waals surface area contributed by atoms with E-state index in [0.717, 1.165) is 5.52 Å². The zero-order chi connectivity index (χ0) is 12.6. The first-order valence-corrected chi connectivity index (χ1v) is 4.49. The fourth-order valence-corrected chi connectivity index (χ4v) is 1.42. The normalized spacial score (nSPS) is 15.8. The van der Waals surface area contributed by atoms with Crippen molar-refractivity contribution < 1.29 is 12.6 Å². The van der Waals surface area contributed by atoms with Gasteiger partial charge < -0.3 is 15.8 Å². The number of H-pyrrole nitrogens is 1. The van der Waals surface area contributed by atoms with Gasteiger partial charge in [-0.05, 0) is 11.6 Å². The van der Waals surface area contributed by atoms with Gasteiger partial charge in [-0.1, -0.05) is 18.2 Å². The van der Waals surface area contributed by atoms with Gasteiger partial charge in [0.1, 0.15) is 6.04 Å². The van der Waals surface area contributed by atoms with Gasteiger partial charge in [-0.3, -0.25) is 4.79 Å². The molecule has 1 aromatic heterocycles. The van der Waals surface area contributed by atoms with Crippen LogP contribution < -0.4 is 5.73 Å². The number of hydrogen-bond acceptors (Lipinski definition) is 2. The minimum absolute atomic E-state index is 0.267. The van der Waals surface area contributed by atoms with E-state index in [1.807, 2.05) is 6.07 Å². The first-order valence-electron chi connectivity index (χ1n) is 5.49. The number of fused-ring (bicyclic) bond motifs is 1. The first-order chi connectivity index (χ1) is 7.94. The number of carboxylic acid groups (broad SMARTS) is 1. The molecule has 0 aliphatic rings. The van der Waals surface area contributed by atoms with Gasteiger partial charge in [0.2, 0.25) is 0 Å². The van der Waals surface area contributed by atoms with Gasteiger partial charge in [-0.15, -0.1) is 0 Å². The zero-order valence-corrected chi connectivity index (χ0v) is 7.90. The number of aromatic nitrogens is 1. The number of nitrogens with two attached hydrogens (primary N) is 1. The molecule has 0 saturated heterocycles. The highest BCUT2D eigenvalue weighted by atomic mass is 16.4. The highest BCUT2D eigenvalue weighted by Gasteiger charge is 2.14. The van der Waals surface area contributed by atoms with Crippen LogP contribution in [-0.2, 0) is 11.2 Å². The molecule has 2 aromatic rings. The molecule has 0 fully saturated rings. The maximum atomic E-state index is 10.8. The number of nitrogens with one attached hydrogen (secondary N) is 1. The van der Waals surface area contributed by atoms with Crippen molar-refractivity contribution in [1.82, 2.24) is 4.98 Å². The number of hydrogen-bond donors (Lipinski definition) is 3. The van der Waals surface area contributed by atoms with Gasteiger partial charge in [-0.2, -0.15) is 0 Å². The Morgan fingerprint density at radius 3 is 3.07 bits per heavy atom. The lowest BCUT2D eigenvalue weighted by atomic mass is 10.1. The molecule has 15 heavy (non-hydrogen) atoms. The van der Waals surface area contributed by atoms with Crippen LogP contribution in [0.1, 0.15) is 8.30 Å². The summed E-state index contributed by atoms with van der Waals surface area (Å²) in [5.74, 6) is -1.36.